The zero-order valence-corrected chi connectivity index (χ0v) is 9.89. The van der Waals surface area contributed by atoms with Crippen LogP contribution in [0.5, 0.6) is 0 Å². The summed E-state index contributed by atoms with van der Waals surface area (Å²) >= 11 is 1.89. The molecule has 2 rings (SSSR count). The van der Waals surface area contributed by atoms with E-state index in [2.05, 4.69) is 37.3 Å². The lowest BCUT2D eigenvalue weighted by Gasteiger charge is -2.17. The lowest BCUT2D eigenvalue weighted by atomic mass is 10.1. The van der Waals surface area contributed by atoms with Crippen LogP contribution in [0, 0.1) is 6.92 Å². The summed E-state index contributed by atoms with van der Waals surface area (Å²) < 4.78 is 0. The molecule has 0 saturated heterocycles. The quantitative estimate of drug-likeness (QED) is 0.605. The van der Waals surface area contributed by atoms with Crippen LogP contribution in [0.4, 0.5) is 5.69 Å². The van der Waals surface area contributed by atoms with Gasteiger partial charge in [-0.15, -0.1) is 11.8 Å². The van der Waals surface area contributed by atoms with Gasteiger partial charge >= 0.3 is 0 Å². The molecule has 0 radical (unpaired) electrons. The van der Waals surface area contributed by atoms with Crippen molar-refractivity contribution in [1.29, 1.82) is 0 Å². The van der Waals surface area contributed by atoms with Crippen LogP contribution in [0.1, 0.15) is 24.8 Å². The summed E-state index contributed by atoms with van der Waals surface area (Å²) in [6.45, 7) is 2.07. The molecule has 0 spiro atoms. The Kier molecular flexibility index (Phi) is 3.37. The van der Waals surface area contributed by atoms with Gasteiger partial charge in [0.25, 0.3) is 0 Å². The molecule has 0 aliphatic heterocycles. The molecule has 80 valence electrons. The van der Waals surface area contributed by atoms with Crippen molar-refractivity contribution >= 4 is 17.4 Å². The van der Waals surface area contributed by atoms with Crippen molar-refractivity contribution < 1.29 is 0 Å². The van der Waals surface area contributed by atoms with E-state index in [4.69, 9.17) is 5.73 Å². The van der Waals surface area contributed by atoms with Gasteiger partial charge in [-0.2, -0.15) is 0 Å². The molecule has 1 unspecified atom stereocenters. The van der Waals surface area contributed by atoms with Crippen LogP contribution in [-0.2, 0) is 0 Å². The van der Waals surface area contributed by atoms with Gasteiger partial charge in [-0.25, -0.2) is 0 Å². The molecule has 0 amide bonds. The van der Waals surface area contributed by atoms with E-state index >= 15 is 0 Å². The van der Waals surface area contributed by atoms with Gasteiger partial charge in [0.2, 0.25) is 0 Å². The van der Waals surface area contributed by atoms with Gasteiger partial charge in [-0.3, -0.25) is 0 Å². The molecule has 2 heteroatoms. The van der Waals surface area contributed by atoms with Gasteiger partial charge in [0, 0.05) is 15.8 Å². The maximum Gasteiger partial charge on any atom is 0.0482 e. The van der Waals surface area contributed by atoms with Crippen molar-refractivity contribution in [3.05, 3.63) is 35.9 Å². The topological polar surface area (TPSA) is 26.0 Å². The van der Waals surface area contributed by atoms with Crippen LogP contribution >= 0.6 is 11.8 Å². The Labute approximate surface area is 95.8 Å². The average Bonchev–Trinajstić information content (AvgIpc) is 2.26. The average molecular weight is 219 g/mol. The third-order valence-electron chi connectivity index (χ3n) is 2.77. The van der Waals surface area contributed by atoms with Gasteiger partial charge in [0.15, 0.2) is 0 Å². The number of aryl methyl sites for hydroxylation is 1. The Bertz CT molecular complexity index is 371. The summed E-state index contributed by atoms with van der Waals surface area (Å²) in [5.74, 6) is 0. The summed E-state index contributed by atoms with van der Waals surface area (Å²) in [5.41, 5.74) is 8.18. The molecule has 15 heavy (non-hydrogen) atoms. The van der Waals surface area contributed by atoms with E-state index in [9.17, 15) is 0 Å². The summed E-state index contributed by atoms with van der Waals surface area (Å²) in [5, 5.41) is 0.614. The second-order valence-electron chi connectivity index (χ2n) is 4.00. The number of anilines is 1. The lowest BCUT2D eigenvalue weighted by molar-refractivity contribution is 0.741. The van der Waals surface area contributed by atoms with Crippen molar-refractivity contribution in [2.45, 2.75) is 36.3 Å². The van der Waals surface area contributed by atoms with E-state index in [0.717, 1.165) is 5.69 Å². The lowest BCUT2D eigenvalue weighted by Crippen LogP contribution is -2.03. The van der Waals surface area contributed by atoms with E-state index in [1.807, 2.05) is 11.8 Å². The fraction of sp³-hybridized carbons (Fsp3) is 0.385. The molecular formula is C13H17NS. The van der Waals surface area contributed by atoms with E-state index < -0.39 is 0 Å². The monoisotopic (exact) mass is 219 g/mol. The highest BCUT2D eigenvalue weighted by atomic mass is 32.2. The van der Waals surface area contributed by atoms with E-state index in [1.54, 1.807) is 0 Å². The molecule has 0 fully saturated rings. The molecule has 2 N–H and O–H groups in total. The highest BCUT2D eigenvalue weighted by molar-refractivity contribution is 8.00. The molecule has 1 atom stereocenters. The number of nitrogen functional groups attached to an aromatic ring is 1. The van der Waals surface area contributed by atoms with Crippen molar-refractivity contribution in [3.8, 4) is 0 Å². The van der Waals surface area contributed by atoms with Gasteiger partial charge in [-0.1, -0.05) is 24.3 Å². The molecule has 1 aromatic carbocycles. The minimum Gasteiger partial charge on any atom is -0.398 e. The van der Waals surface area contributed by atoms with Crippen LogP contribution in [-0.4, -0.2) is 5.25 Å². The first kappa shape index (κ1) is 10.6. The predicted octanol–water partition coefficient (Wildman–Crippen LogP) is 3.78. The van der Waals surface area contributed by atoms with Gasteiger partial charge in [0.1, 0.15) is 0 Å². The highest BCUT2D eigenvalue weighted by Crippen LogP contribution is 2.34. The molecule has 1 aliphatic rings. The minimum absolute atomic E-state index is 0.614. The Morgan fingerprint density at radius 1 is 1.40 bits per heavy atom. The van der Waals surface area contributed by atoms with Gasteiger partial charge in [0.05, 0.1) is 0 Å². The number of nitrogens with two attached hydrogens (primary N) is 1. The summed E-state index contributed by atoms with van der Waals surface area (Å²) in [6.07, 6.45) is 8.41. The predicted molar refractivity (Wildman–Crippen MR) is 68.2 cm³/mol. The zero-order chi connectivity index (χ0) is 10.7. The number of para-hydroxylation sites is 1. The first-order chi connectivity index (χ1) is 7.27. The third kappa shape index (κ3) is 2.57. The van der Waals surface area contributed by atoms with Crippen molar-refractivity contribution in [3.63, 3.8) is 0 Å². The second-order valence-corrected chi connectivity index (χ2v) is 5.28. The first-order valence-corrected chi connectivity index (χ1v) is 6.34. The molecule has 0 bridgehead atoms. The van der Waals surface area contributed by atoms with Crippen molar-refractivity contribution in [2.75, 3.05) is 5.73 Å². The maximum atomic E-state index is 6.05. The van der Waals surface area contributed by atoms with Crippen LogP contribution in [0.15, 0.2) is 35.2 Å². The van der Waals surface area contributed by atoms with Gasteiger partial charge in [-0.05, 0) is 37.8 Å². The van der Waals surface area contributed by atoms with Crippen LogP contribution in [0.3, 0.4) is 0 Å². The molecule has 1 nitrogen and oxygen atoms in total. The van der Waals surface area contributed by atoms with Gasteiger partial charge < -0.3 is 5.73 Å². The minimum atomic E-state index is 0.614. The number of benzene rings is 1. The number of thioether (sulfide) groups is 1. The Morgan fingerprint density at radius 2 is 2.27 bits per heavy atom. The summed E-state index contributed by atoms with van der Waals surface area (Å²) in [6, 6.07) is 6.27. The van der Waals surface area contributed by atoms with E-state index in [-0.39, 0.29) is 0 Å². The molecule has 0 heterocycles. The number of hydrogen-bond acceptors (Lipinski definition) is 2. The molecule has 1 aromatic rings. The normalized spacial score (nSPS) is 20.5. The first-order valence-electron chi connectivity index (χ1n) is 5.46. The molecular weight excluding hydrogens is 202 g/mol. The Balaban J connectivity index is 2.13. The molecule has 0 saturated carbocycles. The molecule has 1 aliphatic carbocycles. The highest BCUT2D eigenvalue weighted by Gasteiger charge is 2.11. The summed E-state index contributed by atoms with van der Waals surface area (Å²) in [4.78, 5) is 1.23. The molecule has 0 aromatic heterocycles. The number of allylic oxidation sites excluding steroid dienone is 1. The fourth-order valence-electron chi connectivity index (χ4n) is 1.80. The summed E-state index contributed by atoms with van der Waals surface area (Å²) in [7, 11) is 0. The van der Waals surface area contributed by atoms with Crippen LogP contribution in [0.25, 0.3) is 0 Å². The smallest absolute Gasteiger partial charge is 0.0482 e. The largest absolute Gasteiger partial charge is 0.398 e. The van der Waals surface area contributed by atoms with Crippen molar-refractivity contribution in [2.24, 2.45) is 0 Å². The Hall–Kier alpha value is -0.890. The third-order valence-corrected chi connectivity index (χ3v) is 4.08. The van der Waals surface area contributed by atoms with E-state index in [1.165, 1.54) is 29.7 Å². The number of rotatable bonds is 2. The van der Waals surface area contributed by atoms with E-state index in [0.29, 0.717) is 5.25 Å². The second kappa shape index (κ2) is 4.75. The van der Waals surface area contributed by atoms with Crippen LogP contribution in [0.2, 0.25) is 0 Å². The zero-order valence-electron chi connectivity index (χ0n) is 9.07. The standard InChI is InChI=1S/C13H17NS/c1-10-6-5-9-12(13(10)14)15-11-7-3-2-4-8-11/h3,5-7,9,11H,2,4,8,14H2,1H3. The maximum absolute atomic E-state index is 6.05. The van der Waals surface area contributed by atoms with Crippen molar-refractivity contribution in [1.82, 2.24) is 0 Å². The Morgan fingerprint density at radius 3 is 3.00 bits per heavy atom. The SMILES string of the molecule is Cc1cccc(SC2C=CCCC2)c1N. The van der Waals surface area contributed by atoms with Crippen LogP contribution < -0.4 is 5.73 Å². The number of hydrogen-bond donors (Lipinski definition) is 1. The fourth-order valence-corrected chi connectivity index (χ4v) is 3.04.